The van der Waals surface area contributed by atoms with E-state index in [2.05, 4.69) is 28.5 Å². The predicted octanol–water partition coefficient (Wildman–Crippen LogP) is 4.60. The summed E-state index contributed by atoms with van der Waals surface area (Å²) in [4.78, 5) is 15.8. The zero-order valence-electron chi connectivity index (χ0n) is 15.0. The number of nitrogens with one attached hydrogen (secondary N) is 1. The molecule has 2 N–H and O–H groups in total. The maximum atomic E-state index is 9.62. The maximum absolute atomic E-state index is 9.62. The molecule has 6 heteroatoms. The second-order valence-electron chi connectivity index (χ2n) is 6.27. The Hall–Kier alpha value is -2.83. The van der Waals surface area contributed by atoms with Gasteiger partial charge in [0.15, 0.2) is 5.82 Å². The standard InChI is InChI=1S/C21H20N4OS/c1-2-16(13-26)23-20-17-11-18(14-7-4-3-5-8-14)27-21(17)25-19(24-20)15-9-6-10-22-12-15/h3-12,16,26H,2,13H2,1H3,(H,23,24,25). The number of thiophene rings is 1. The SMILES string of the molecule is CCC(CO)Nc1nc(-c2cccnc2)nc2sc(-c3ccccc3)cc12. The normalized spacial score (nSPS) is 12.2. The van der Waals surface area contributed by atoms with E-state index in [9.17, 15) is 5.11 Å². The van der Waals surface area contributed by atoms with Crippen LogP contribution in [0.15, 0.2) is 60.9 Å². The van der Waals surface area contributed by atoms with Crippen molar-refractivity contribution < 1.29 is 5.11 Å². The molecule has 0 amide bonds. The van der Waals surface area contributed by atoms with Gasteiger partial charge in [0.25, 0.3) is 0 Å². The van der Waals surface area contributed by atoms with Gasteiger partial charge in [0.05, 0.1) is 18.0 Å². The van der Waals surface area contributed by atoms with Crippen molar-refractivity contribution in [3.8, 4) is 21.8 Å². The highest BCUT2D eigenvalue weighted by Crippen LogP contribution is 2.36. The summed E-state index contributed by atoms with van der Waals surface area (Å²) < 4.78 is 0. The van der Waals surface area contributed by atoms with Crippen LogP contribution < -0.4 is 5.32 Å². The highest BCUT2D eigenvalue weighted by atomic mass is 32.1. The van der Waals surface area contributed by atoms with Crippen molar-refractivity contribution in [3.05, 3.63) is 60.9 Å². The predicted molar refractivity (Wildman–Crippen MR) is 111 cm³/mol. The zero-order chi connectivity index (χ0) is 18.6. The van der Waals surface area contributed by atoms with E-state index in [1.165, 1.54) is 0 Å². The molecular weight excluding hydrogens is 356 g/mol. The Labute approximate surface area is 161 Å². The largest absolute Gasteiger partial charge is 0.394 e. The lowest BCUT2D eigenvalue weighted by atomic mass is 10.1. The van der Waals surface area contributed by atoms with E-state index in [1.807, 2.05) is 37.3 Å². The van der Waals surface area contributed by atoms with Gasteiger partial charge in [-0.1, -0.05) is 37.3 Å². The molecule has 0 aliphatic carbocycles. The van der Waals surface area contributed by atoms with Crippen molar-refractivity contribution in [1.82, 2.24) is 15.0 Å². The summed E-state index contributed by atoms with van der Waals surface area (Å²) >= 11 is 1.64. The van der Waals surface area contributed by atoms with Crippen LogP contribution in [0.1, 0.15) is 13.3 Å². The number of aliphatic hydroxyl groups is 1. The van der Waals surface area contributed by atoms with Crippen LogP contribution in [-0.2, 0) is 0 Å². The number of pyridine rings is 1. The minimum Gasteiger partial charge on any atom is -0.394 e. The summed E-state index contributed by atoms with van der Waals surface area (Å²) in [5.41, 5.74) is 2.03. The average Bonchev–Trinajstić information content (AvgIpc) is 3.17. The first kappa shape index (κ1) is 17.6. The van der Waals surface area contributed by atoms with Crippen LogP contribution in [0.4, 0.5) is 5.82 Å². The van der Waals surface area contributed by atoms with Crippen LogP contribution in [0, 0.1) is 0 Å². The first-order chi connectivity index (χ1) is 13.3. The van der Waals surface area contributed by atoms with Gasteiger partial charge < -0.3 is 10.4 Å². The Balaban J connectivity index is 1.87. The van der Waals surface area contributed by atoms with Crippen LogP contribution >= 0.6 is 11.3 Å². The highest BCUT2D eigenvalue weighted by Gasteiger charge is 2.16. The fourth-order valence-corrected chi connectivity index (χ4v) is 3.91. The second-order valence-corrected chi connectivity index (χ2v) is 7.30. The number of benzene rings is 1. The van der Waals surface area contributed by atoms with Gasteiger partial charge in [-0.15, -0.1) is 11.3 Å². The molecule has 4 rings (SSSR count). The molecule has 3 heterocycles. The van der Waals surface area contributed by atoms with E-state index in [-0.39, 0.29) is 12.6 Å². The van der Waals surface area contributed by atoms with Crippen molar-refractivity contribution in [3.63, 3.8) is 0 Å². The molecule has 4 aromatic rings. The molecular formula is C21H20N4OS. The molecule has 1 aromatic carbocycles. The molecule has 0 fully saturated rings. The summed E-state index contributed by atoms with van der Waals surface area (Å²) in [5, 5.41) is 14.0. The quantitative estimate of drug-likeness (QED) is 0.514. The van der Waals surface area contributed by atoms with Gasteiger partial charge in [-0.3, -0.25) is 4.98 Å². The van der Waals surface area contributed by atoms with Gasteiger partial charge in [-0.05, 0) is 30.2 Å². The van der Waals surface area contributed by atoms with Gasteiger partial charge in [0.1, 0.15) is 10.6 Å². The molecule has 0 saturated heterocycles. The Bertz CT molecular complexity index is 1030. The highest BCUT2D eigenvalue weighted by molar-refractivity contribution is 7.21. The van der Waals surface area contributed by atoms with Crippen molar-refractivity contribution in [2.45, 2.75) is 19.4 Å². The molecule has 3 aromatic heterocycles. The lowest BCUT2D eigenvalue weighted by Crippen LogP contribution is -2.23. The van der Waals surface area contributed by atoms with E-state index >= 15 is 0 Å². The zero-order valence-corrected chi connectivity index (χ0v) is 15.8. The number of fused-ring (bicyclic) bond motifs is 1. The average molecular weight is 376 g/mol. The molecule has 1 unspecified atom stereocenters. The fraction of sp³-hybridized carbons (Fsp3) is 0.190. The third kappa shape index (κ3) is 3.67. The molecule has 136 valence electrons. The van der Waals surface area contributed by atoms with Crippen molar-refractivity contribution in [1.29, 1.82) is 0 Å². The van der Waals surface area contributed by atoms with Gasteiger partial charge in [-0.2, -0.15) is 0 Å². The Morgan fingerprint density at radius 1 is 1.07 bits per heavy atom. The van der Waals surface area contributed by atoms with Crippen molar-refractivity contribution in [2.75, 3.05) is 11.9 Å². The van der Waals surface area contributed by atoms with Crippen LogP contribution in [0.5, 0.6) is 0 Å². The Kier molecular flexibility index (Phi) is 5.09. The van der Waals surface area contributed by atoms with Gasteiger partial charge in [-0.25, -0.2) is 9.97 Å². The summed E-state index contributed by atoms with van der Waals surface area (Å²) in [6, 6.07) is 16.2. The summed E-state index contributed by atoms with van der Waals surface area (Å²) in [6.07, 6.45) is 4.30. The number of aliphatic hydroxyl groups excluding tert-OH is 1. The van der Waals surface area contributed by atoms with E-state index in [0.717, 1.165) is 38.5 Å². The fourth-order valence-electron chi connectivity index (χ4n) is 2.87. The second kappa shape index (κ2) is 7.82. The monoisotopic (exact) mass is 376 g/mol. The van der Waals surface area contributed by atoms with Crippen LogP contribution in [0.25, 0.3) is 32.0 Å². The summed E-state index contributed by atoms with van der Waals surface area (Å²) in [6.45, 7) is 2.09. The van der Waals surface area contributed by atoms with E-state index in [0.29, 0.717) is 5.82 Å². The molecule has 0 aliphatic heterocycles. The third-order valence-corrected chi connectivity index (χ3v) is 5.50. The van der Waals surface area contributed by atoms with Gasteiger partial charge >= 0.3 is 0 Å². The van der Waals surface area contributed by atoms with Crippen LogP contribution in [0.2, 0.25) is 0 Å². The Morgan fingerprint density at radius 2 is 1.89 bits per heavy atom. The number of hydrogen-bond donors (Lipinski definition) is 2. The number of aromatic nitrogens is 3. The van der Waals surface area contributed by atoms with Crippen molar-refractivity contribution in [2.24, 2.45) is 0 Å². The van der Waals surface area contributed by atoms with Crippen LogP contribution in [-0.4, -0.2) is 32.7 Å². The lowest BCUT2D eigenvalue weighted by Gasteiger charge is -2.16. The molecule has 1 atom stereocenters. The number of anilines is 1. The number of hydrogen-bond acceptors (Lipinski definition) is 6. The molecule has 0 radical (unpaired) electrons. The molecule has 0 aliphatic rings. The molecule has 0 saturated carbocycles. The Morgan fingerprint density at radius 3 is 2.59 bits per heavy atom. The summed E-state index contributed by atoms with van der Waals surface area (Å²) in [7, 11) is 0. The maximum Gasteiger partial charge on any atom is 0.164 e. The minimum atomic E-state index is -0.0510. The number of rotatable bonds is 6. The molecule has 0 spiro atoms. The molecule has 5 nitrogen and oxygen atoms in total. The van der Waals surface area contributed by atoms with Gasteiger partial charge in [0, 0.05) is 22.8 Å². The van der Waals surface area contributed by atoms with Crippen molar-refractivity contribution >= 4 is 27.4 Å². The number of nitrogens with zero attached hydrogens (tertiary/aromatic N) is 3. The van der Waals surface area contributed by atoms with E-state index in [1.54, 1.807) is 23.7 Å². The van der Waals surface area contributed by atoms with Crippen LogP contribution in [0.3, 0.4) is 0 Å². The van der Waals surface area contributed by atoms with E-state index < -0.39 is 0 Å². The lowest BCUT2D eigenvalue weighted by molar-refractivity contribution is 0.271. The molecule has 27 heavy (non-hydrogen) atoms. The van der Waals surface area contributed by atoms with Gasteiger partial charge in [0.2, 0.25) is 0 Å². The minimum absolute atomic E-state index is 0.0510. The topological polar surface area (TPSA) is 70.9 Å². The third-order valence-electron chi connectivity index (χ3n) is 4.42. The smallest absolute Gasteiger partial charge is 0.164 e. The van der Waals surface area contributed by atoms with E-state index in [4.69, 9.17) is 9.97 Å². The first-order valence-corrected chi connectivity index (χ1v) is 9.75. The molecule has 0 bridgehead atoms. The summed E-state index contributed by atoms with van der Waals surface area (Å²) in [5.74, 6) is 1.38. The first-order valence-electron chi connectivity index (χ1n) is 8.93.